The third kappa shape index (κ3) is 2.93. The van der Waals surface area contributed by atoms with Crippen LogP contribution >= 0.6 is 15.9 Å². The molecule has 2 unspecified atom stereocenters. The minimum atomic E-state index is 0.243. The van der Waals surface area contributed by atoms with E-state index < -0.39 is 0 Å². The number of fused-ring (bicyclic) bond motifs is 1. The molecule has 1 heterocycles. The number of benzene rings is 1. The molecule has 4 heteroatoms. The van der Waals surface area contributed by atoms with Gasteiger partial charge in [-0.3, -0.25) is 4.90 Å². The molecule has 0 spiro atoms. The SMILES string of the molecule is OCCN(CC1CCCN1)C1CCc2c(Br)cccc21. The first kappa shape index (κ1) is 14.5. The summed E-state index contributed by atoms with van der Waals surface area (Å²) in [5.74, 6) is 0. The van der Waals surface area contributed by atoms with Crippen molar-refractivity contribution in [2.75, 3.05) is 26.2 Å². The Balaban J connectivity index is 1.77. The van der Waals surface area contributed by atoms with Gasteiger partial charge in [0, 0.05) is 29.6 Å². The molecule has 2 atom stereocenters. The summed E-state index contributed by atoms with van der Waals surface area (Å²) in [6.45, 7) is 3.21. The van der Waals surface area contributed by atoms with Crippen molar-refractivity contribution < 1.29 is 5.11 Å². The smallest absolute Gasteiger partial charge is 0.0558 e. The molecule has 0 radical (unpaired) electrons. The van der Waals surface area contributed by atoms with Crippen LogP contribution in [-0.4, -0.2) is 42.3 Å². The van der Waals surface area contributed by atoms with Crippen molar-refractivity contribution in [2.45, 2.75) is 37.8 Å². The third-order valence-electron chi connectivity index (χ3n) is 4.63. The first-order valence-corrected chi connectivity index (χ1v) is 8.44. The molecule has 3 nitrogen and oxygen atoms in total. The maximum Gasteiger partial charge on any atom is 0.0558 e. The average molecular weight is 339 g/mol. The van der Waals surface area contributed by atoms with Gasteiger partial charge in [-0.25, -0.2) is 0 Å². The van der Waals surface area contributed by atoms with E-state index in [1.54, 1.807) is 0 Å². The van der Waals surface area contributed by atoms with E-state index in [0.29, 0.717) is 12.1 Å². The van der Waals surface area contributed by atoms with E-state index >= 15 is 0 Å². The zero-order valence-electron chi connectivity index (χ0n) is 11.8. The van der Waals surface area contributed by atoms with E-state index in [2.05, 4.69) is 44.3 Å². The second kappa shape index (κ2) is 6.56. The van der Waals surface area contributed by atoms with Gasteiger partial charge in [-0.05, 0) is 49.4 Å². The van der Waals surface area contributed by atoms with Crippen molar-refractivity contribution in [3.05, 3.63) is 33.8 Å². The highest BCUT2D eigenvalue weighted by molar-refractivity contribution is 9.10. The van der Waals surface area contributed by atoms with Crippen LogP contribution in [0.3, 0.4) is 0 Å². The Kier molecular flexibility index (Phi) is 4.76. The fourth-order valence-corrected chi connectivity index (χ4v) is 4.25. The number of hydrogen-bond acceptors (Lipinski definition) is 3. The van der Waals surface area contributed by atoms with E-state index in [4.69, 9.17) is 0 Å². The van der Waals surface area contributed by atoms with Gasteiger partial charge >= 0.3 is 0 Å². The number of nitrogens with zero attached hydrogens (tertiary/aromatic N) is 1. The van der Waals surface area contributed by atoms with Crippen molar-refractivity contribution in [2.24, 2.45) is 0 Å². The molecule has 1 aromatic rings. The fraction of sp³-hybridized carbons (Fsp3) is 0.625. The molecule has 110 valence electrons. The molecule has 0 aromatic heterocycles. The van der Waals surface area contributed by atoms with Crippen LogP contribution < -0.4 is 5.32 Å². The summed E-state index contributed by atoms with van der Waals surface area (Å²) in [7, 11) is 0. The van der Waals surface area contributed by atoms with Crippen molar-refractivity contribution >= 4 is 15.9 Å². The lowest BCUT2D eigenvalue weighted by Crippen LogP contribution is -2.40. The molecule has 0 bridgehead atoms. The third-order valence-corrected chi connectivity index (χ3v) is 5.37. The van der Waals surface area contributed by atoms with Crippen LogP contribution in [0, 0.1) is 0 Å². The van der Waals surface area contributed by atoms with Crippen LogP contribution in [-0.2, 0) is 6.42 Å². The molecule has 1 aliphatic carbocycles. The maximum atomic E-state index is 9.40. The quantitative estimate of drug-likeness (QED) is 0.865. The van der Waals surface area contributed by atoms with Gasteiger partial charge in [-0.1, -0.05) is 28.1 Å². The van der Waals surface area contributed by atoms with Gasteiger partial charge in [0.25, 0.3) is 0 Å². The van der Waals surface area contributed by atoms with Crippen molar-refractivity contribution in [1.29, 1.82) is 0 Å². The number of aliphatic hydroxyl groups excluding tert-OH is 1. The Bertz CT molecular complexity index is 460. The predicted molar refractivity (Wildman–Crippen MR) is 84.9 cm³/mol. The summed E-state index contributed by atoms with van der Waals surface area (Å²) in [5, 5.41) is 13.0. The molecule has 1 saturated heterocycles. The lowest BCUT2D eigenvalue weighted by Gasteiger charge is -2.31. The van der Waals surface area contributed by atoms with Crippen LogP contribution in [0.2, 0.25) is 0 Å². The van der Waals surface area contributed by atoms with E-state index in [1.807, 2.05) is 0 Å². The molecule has 3 rings (SSSR count). The minimum Gasteiger partial charge on any atom is -0.395 e. The second-order valence-corrected chi connectivity index (χ2v) is 6.73. The molecule has 1 fully saturated rings. The van der Waals surface area contributed by atoms with E-state index in [-0.39, 0.29) is 6.61 Å². The Hall–Kier alpha value is -0.420. The van der Waals surface area contributed by atoms with Crippen molar-refractivity contribution in [1.82, 2.24) is 10.2 Å². The first-order valence-electron chi connectivity index (χ1n) is 7.65. The summed E-state index contributed by atoms with van der Waals surface area (Å²) >= 11 is 3.67. The van der Waals surface area contributed by atoms with Gasteiger partial charge in [0.2, 0.25) is 0 Å². The van der Waals surface area contributed by atoms with Crippen molar-refractivity contribution in [3.63, 3.8) is 0 Å². The van der Waals surface area contributed by atoms with Crippen LogP contribution in [0.4, 0.5) is 0 Å². The number of halogens is 1. The number of hydrogen-bond donors (Lipinski definition) is 2. The molecule has 2 N–H and O–H groups in total. The highest BCUT2D eigenvalue weighted by Gasteiger charge is 2.30. The van der Waals surface area contributed by atoms with Gasteiger partial charge in [0.1, 0.15) is 0 Å². The summed E-state index contributed by atoms with van der Waals surface area (Å²) in [6.07, 6.45) is 4.86. The highest BCUT2D eigenvalue weighted by Crippen LogP contribution is 2.39. The summed E-state index contributed by atoms with van der Waals surface area (Å²) in [6, 6.07) is 7.58. The molecule has 0 amide bonds. The Morgan fingerprint density at radius 2 is 2.25 bits per heavy atom. The fourth-order valence-electron chi connectivity index (χ4n) is 3.67. The highest BCUT2D eigenvalue weighted by atomic mass is 79.9. The van der Waals surface area contributed by atoms with Crippen LogP contribution in [0.25, 0.3) is 0 Å². The summed E-state index contributed by atoms with van der Waals surface area (Å²) in [5.41, 5.74) is 2.91. The number of nitrogens with one attached hydrogen (secondary N) is 1. The zero-order valence-corrected chi connectivity index (χ0v) is 13.4. The predicted octanol–water partition coefficient (Wildman–Crippen LogP) is 2.48. The Morgan fingerprint density at radius 1 is 1.35 bits per heavy atom. The molecular weight excluding hydrogens is 316 g/mol. The average Bonchev–Trinajstić information content (AvgIpc) is 3.07. The van der Waals surface area contributed by atoms with Crippen LogP contribution in [0.5, 0.6) is 0 Å². The number of rotatable bonds is 5. The monoisotopic (exact) mass is 338 g/mol. The molecular formula is C16H23BrN2O. The van der Waals surface area contributed by atoms with Gasteiger partial charge < -0.3 is 10.4 Å². The molecule has 20 heavy (non-hydrogen) atoms. The Morgan fingerprint density at radius 3 is 3.00 bits per heavy atom. The number of aliphatic hydroxyl groups is 1. The Labute approximate surface area is 129 Å². The first-order chi connectivity index (χ1) is 9.79. The van der Waals surface area contributed by atoms with Gasteiger partial charge in [-0.2, -0.15) is 0 Å². The van der Waals surface area contributed by atoms with Crippen molar-refractivity contribution in [3.8, 4) is 0 Å². The minimum absolute atomic E-state index is 0.243. The largest absolute Gasteiger partial charge is 0.395 e. The van der Waals surface area contributed by atoms with Crippen LogP contribution in [0.15, 0.2) is 22.7 Å². The van der Waals surface area contributed by atoms with E-state index in [0.717, 1.165) is 26.1 Å². The van der Waals surface area contributed by atoms with Gasteiger partial charge in [-0.15, -0.1) is 0 Å². The second-order valence-electron chi connectivity index (χ2n) is 5.87. The standard InChI is InChI=1S/C16H23BrN2O/c17-15-5-1-4-14-13(15)6-7-16(14)19(9-10-20)11-12-3-2-8-18-12/h1,4-5,12,16,18,20H,2-3,6-11H2. The molecule has 2 aliphatic rings. The maximum absolute atomic E-state index is 9.40. The van der Waals surface area contributed by atoms with E-state index in [1.165, 1.54) is 34.9 Å². The molecule has 0 saturated carbocycles. The zero-order chi connectivity index (χ0) is 13.9. The van der Waals surface area contributed by atoms with Gasteiger partial charge in [0.05, 0.1) is 6.61 Å². The summed E-state index contributed by atoms with van der Waals surface area (Å²) < 4.78 is 1.24. The molecule has 1 aromatic carbocycles. The lowest BCUT2D eigenvalue weighted by atomic mass is 10.1. The normalized spacial score (nSPS) is 25.4. The van der Waals surface area contributed by atoms with E-state index in [9.17, 15) is 5.11 Å². The molecule has 1 aliphatic heterocycles. The lowest BCUT2D eigenvalue weighted by molar-refractivity contribution is 0.139. The topological polar surface area (TPSA) is 35.5 Å². The van der Waals surface area contributed by atoms with Crippen LogP contribution in [0.1, 0.15) is 36.4 Å². The van der Waals surface area contributed by atoms with Gasteiger partial charge in [0.15, 0.2) is 0 Å². The summed E-state index contributed by atoms with van der Waals surface area (Å²) in [4.78, 5) is 2.47.